The van der Waals surface area contributed by atoms with E-state index in [0.717, 1.165) is 53.0 Å². The maximum absolute atomic E-state index is 6.03. The molecule has 0 radical (unpaired) electrons. The van der Waals surface area contributed by atoms with E-state index < -0.39 is 0 Å². The minimum absolute atomic E-state index is 0.606. The molecule has 1 aliphatic rings. The zero-order chi connectivity index (χ0) is 16.4. The maximum atomic E-state index is 6.03. The third kappa shape index (κ3) is 3.05. The molecule has 0 bridgehead atoms. The van der Waals surface area contributed by atoms with E-state index in [4.69, 9.17) is 10.5 Å². The molecule has 4 nitrogen and oxygen atoms in total. The number of aromatic nitrogens is 1. The van der Waals surface area contributed by atoms with Gasteiger partial charge in [-0.25, -0.2) is 0 Å². The average Bonchev–Trinajstić information content (AvgIpc) is 3.14. The van der Waals surface area contributed by atoms with Crippen molar-refractivity contribution >= 4 is 16.5 Å². The Morgan fingerprint density at radius 2 is 2.00 bits per heavy atom. The molecule has 4 heteroatoms. The smallest absolute Gasteiger partial charge is 0.119 e. The molecule has 3 N–H and O–H groups in total. The van der Waals surface area contributed by atoms with E-state index in [1.165, 1.54) is 6.42 Å². The third-order valence-electron chi connectivity index (χ3n) is 4.60. The van der Waals surface area contributed by atoms with Crippen molar-refractivity contribution in [2.45, 2.75) is 6.42 Å². The predicted octanol–water partition coefficient (Wildman–Crippen LogP) is 3.47. The molecule has 122 valence electrons. The van der Waals surface area contributed by atoms with Gasteiger partial charge in [0.05, 0.1) is 6.61 Å². The van der Waals surface area contributed by atoms with Gasteiger partial charge in [0, 0.05) is 41.5 Å². The van der Waals surface area contributed by atoms with Crippen LogP contribution in [-0.2, 0) is 0 Å². The Hall–Kier alpha value is -2.59. The lowest BCUT2D eigenvalue weighted by Crippen LogP contribution is -2.15. The van der Waals surface area contributed by atoms with Gasteiger partial charge >= 0.3 is 0 Å². The van der Waals surface area contributed by atoms with Gasteiger partial charge in [0.1, 0.15) is 5.75 Å². The van der Waals surface area contributed by atoms with Gasteiger partial charge in [0.15, 0.2) is 0 Å². The first-order chi connectivity index (χ1) is 11.8. The number of hydrogen-bond acceptors (Lipinski definition) is 4. The van der Waals surface area contributed by atoms with Crippen molar-refractivity contribution in [3.63, 3.8) is 0 Å². The largest absolute Gasteiger partial charge is 0.493 e. The van der Waals surface area contributed by atoms with Crippen LogP contribution in [0.2, 0.25) is 0 Å². The lowest BCUT2D eigenvalue weighted by atomic mass is 10.0. The number of nitrogen functional groups attached to an aromatic ring is 1. The highest BCUT2D eigenvalue weighted by Gasteiger charge is 2.15. The fourth-order valence-electron chi connectivity index (χ4n) is 3.20. The SMILES string of the molecule is Nc1ccc(-c2cncc3ccc(OC[C@@H]4CCNC4)cc23)cc1. The third-order valence-corrected chi connectivity index (χ3v) is 4.60. The van der Waals surface area contributed by atoms with Gasteiger partial charge in [-0.2, -0.15) is 0 Å². The summed E-state index contributed by atoms with van der Waals surface area (Å²) in [5, 5.41) is 5.64. The quantitative estimate of drug-likeness (QED) is 0.723. The first-order valence-electron chi connectivity index (χ1n) is 8.37. The van der Waals surface area contributed by atoms with E-state index in [1.807, 2.05) is 42.7 Å². The van der Waals surface area contributed by atoms with Gasteiger partial charge in [-0.1, -0.05) is 12.1 Å². The monoisotopic (exact) mass is 319 g/mol. The van der Waals surface area contributed by atoms with Crippen molar-refractivity contribution in [2.24, 2.45) is 5.92 Å². The normalized spacial score (nSPS) is 17.2. The first-order valence-corrected chi connectivity index (χ1v) is 8.37. The molecule has 0 spiro atoms. The van der Waals surface area contributed by atoms with E-state index >= 15 is 0 Å². The highest BCUT2D eigenvalue weighted by molar-refractivity contribution is 5.96. The summed E-state index contributed by atoms with van der Waals surface area (Å²) >= 11 is 0. The fourth-order valence-corrected chi connectivity index (χ4v) is 3.20. The summed E-state index contributed by atoms with van der Waals surface area (Å²) in [6, 6.07) is 14.1. The Kier molecular flexibility index (Phi) is 4.05. The first kappa shape index (κ1) is 15.0. The van der Waals surface area contributed by atoms with Crippen LogP contribution in [0.3, 0.4) is 0 Å². The second kappa shape index (κ2) is 6.49. The number of pyridine rings is 1. The molecule has 4 rings (SSSR count). The number of anilines is 1. The van der Waals surface area contributed by atoms with Crippen LogP contribution in [0, 0.1) is 5.92 Å². The lowest BCUT2D eigenvalue weighted by molar-refractivity contribution is 0.260. The number of hydrogen-bond donors (Lipinski definition) is 2. The van der Waals surface area contributed by atoms with E-state index in [-0.39, 0.29) is 0 Å². The van der Waals surface area contributed by atoms with Crippen LogP contribution >= 0.6 is 0 Å². The van der Waals surface area contributed by atoms with Crippen LogP contribution in [0.4, 0.5) is 5.69 Å². The number of nitrogens with one attached hydrogen (secondary N) is 1. The van der Waals surface area contributed by atoms with Gasteiger partial charge in [0.25, 0.3) is 0 Å². The number of benzene rings is 2. The molecular formula is C20H21N3O. The highest BCUT2D eigenvalue weighted by Crippen LogP contribution is 2.31. The predicted molar refractivity (Wildman–Crippen MR) is 98.1 cm³/mol. The van der Waals surface area contributed by atoms with Crippen molar-refractivity contribution in [3.05, 3.63) is 54.9 Å². The molecule has 1 saturated heterocycles. The molecule has 3 aromatic rings. The highest BCUT2D eigenvalue weighted by atomic mass is 16.5. The van der Waals surface area contributed by atoms with E-state index in [1.54, 1.807) is 0 Å². The molecule has 1 atom stereocenters. The summed E-state index contributed by atoms with van der Waals surface area (Å²) in [6.45, 7) is 2.91. The van der Waals surface area contributed by atoms with Crippen LogP contribution < -0.4 is 15.8 Å². The van der Waals surface area contributed by atoms with Crippen LogP contribution in [0.25, 0.3) is 21.9 Å². The molecule has 0 saturated carbocycles. The van der Waals surface area contributed by atoms with Crippen molar-refractivity contribution in [1.82, 2.24) is 10.3 Å². The van der Waals surface area contributed by atoms with Gasteiger partial charge in [0.2, 0.25) is 0 Å². The summed E-state index contributed by atoms with van der Waals surface area (Å²) in [5.41, 5.74) is 8.77. The van der Waals surface area contributed by atoms with Crippen LogP contribution in [0.1, 0.15) is 6.42 Å². The fraction of sp³-hybridized carbons (Fsp3) is 0.250. The molecular weight excluding hydrogens is 298 g/mol. The van der Waals surface area contributed by atoms with Gasteiger partial charge in [-0.3, -0.25) is 4.98 Å². The summed E-state index contributed by atoms with van der Waals surface area (Å²) in [4.78, 5) is 4.37. The number of rotatable bonds is 4. The Morgan fingerprint density at radius 1 is 1.12 bits per heavy atom. The summed E-state index contributed by atoms with van der Waals surface area (Å²) in [5.74, 6) is 1.52. The Balaban J connectivity index is 1.66. The van der Waals surface area contributed by atoms with Crippen LogP contribution in [0.15, 0.2) is 54.9 Å². The summed E-state index contributed by atoms with van der Waals surface area (Å²) in [7, 11) is 0. The zero-order valence-electron chi connectivity index (χ0n) is 13.5. The van der Waals surface area contributed by atoms with Crippen molar-refractivity contribution in [1.29, 1.82) is 0 Å². The molecule has 0 aliphatic carbocycles. The van der Waals surface area contributed by atoms with Gasteiger partial charge < -0.3 is 15.8 Å². The molecule has 1 fully saturated rings. The average molecular weight is 319 g/mol. The van der Waals surface area contributed by atoms with Gasteiger partial charge in [-0.05, 0) is 54.2 Å². The van der Waals surface area contributed by atoms with Crippen LogP contribution in [-0.4, -0.2) is 24.7 Å². The number of ether oxygens (including phenoxy) is 1. The topological polar surface area (TPSA) is 60.2 Å². The zero-order valence-corrected chi connectivity index (χ0v) is 13.5. The standard InChI is InChI=1S/C20H21N3O/c21-17-4-1-15(2-5-17)20-12-23-11-16-3-6-18(9-19(16)20)24-13-14-7-8-22-10-14/h1-6,9,11-12,14,22H,7-8,10,13,21H2/t14-/m1/s1. The molecule has 2 heterocycles. The Bertz CT molecular complexity index is 839. The van der Waals surface area contributed by atoms with Gasteiger partial charge in [-0.15, -0.1) is 0 Å². The number of fused-ring (bicyclic) bond motifs is 1. The summed E-state index contributed by atoms with van der Waals surface area (Å²) in [6.07, 6.45) is 4.98. The molecule has 24 heavy (non-hydrogen) atoms. The van der Waals surface area contributed by atoms with Crippen molar-refractivity contribution in [3.8, 4) is 16.9 Å². The number of nitrogens with two attached hydrogens (primary N) is 1. The van der Waals surface area contributed by atoms with Crippen molar-refractivity contribution in [2.75, 3.05) is 25.4 Å². The molecule has 1 aliphatic heterocycles. The number of nitrogens with zero attached hydrogens (tertiary/aromatic N) is 1. The minimum atomic E-state index is 0.606. The molecule has 2 aromatic carbocycles. The van der Waals surface area contributed by atoms with E-state index in [9.17, 15) is 0 Å². The Labute approximate surface area is 141 Å². The van der Waals surface area contributed by atoms with E-state index in [0.29, 0.717) is 5.92 Å². The van der Waals surface area contributed by atoms with Crippen molar-refractivity contribution < 1.29 is 4.74 Å². The lowest BCUT2D eigenvalue weighted by Gasteiger charge is -2.13. The molecule has 0 unspecified atom stereocenters. The second-order valence-corrected chi connectivity index (χ2v) is 6.36. The second-order valence-electron chi connectivity index (χ2n) is 6.36. The maximum Gasteiger partial charge on any atom is 0.119 e. The summed E-state index contributed by atoms with van der Waals surface area (Å²) < 4.78 is 6.03. The minimum Gasteiger partial charge on any atom is -0.493 e. The Morgan fingerprint density at radius 3 is 2.79 bits per heavy atom. The molecule has 0 amide bonds. The van der Waals surface area contributed by atoms with E-state index in [2.05, 4.69) is 22.4 Å². The van der Waals surface area contributed by atoms with Crippen LogP contribution in [0.5, 0.6) is 5.75 Å². The molecule has 1 aromatic heterocycles.